The van der Waals surface area contributed by atoms with E-state index in [-0.39, 0.29) is 5.91 Å². The number of aromatic nitrogens is 1. The number of carbonyl (C=O) groups excluding carboxylic acids is 1. The lowest BCUT2D eigenvalue weighted by atomic mass is 10.2. The number of hydrogen-bond donors (Lipinski definition) is 0. The summed E-state index contributed by atoms with van der Waals surface area (Å²) in [6.45, 7) is 5.54. The Hall–Kier alpha value is -2.50. The number of anilines is 1. The van der Waals surface area contributed by atoms with Crippen LogP contribution in [0.15, 0.2) is 34.9 Å². The molecule has 1 aromatic heterocycles. The summed E-state index contributed by atoms with van der Waals surface area (Å²) in [5.41, 5.74) is 1.53. The molecule has 2 aromatic rings. The van der Waals surface area contributed by atoms with Crippen LogP contribution in [0, 0.1) is 0 Å². The van der Waals surface area contributed by atoms with Crippen LogP contribution in [0.1, 0.15) is 41.9 Å². The Bertz CT molecular complexity index is 746. The summed E-state index contributed by atoms with van der Waals surface area (Å²) in [5, 5.41) is 3.97. The zero-order chi connectivity index (χ0) is 17.2. The molecule has 0 unspecified atom stereocenters. The predicted molar refractivity (Wildman–Crippen MR) is 94.2 cm³/mol. The molecule has 0 bridgehead atoms. The summed E-state index contributed by atoms with van der Waals surface area (Å²) in [7, 11) is 0. The monoisotopic (exact) mass is 341 g/mol. The van der Waals surface area contributed by atoms with Crippen LogP contribution in [0.25, 0.3) is 0 Å². The van der Waals surface area contributed by atoms with Crippen molar-refractivity contribution in [2.24, 2.45) is 0 Å². The van der Waals surface area contributed by atoms with Gasteiger partial charge in [0.1, 0.15) is 11.5 Å². The predicted octanol–water partition coefficient (Wildman–Crippen LogP) is 2.91. The van der Waals surface area contributed by atoms with Gasteiger partial charge in [0.05, 0.1) is 12.3 Å². The summed E-state index contributed by atoms with van der Waals surface area (Å²) < 4.78 is 11.0. The highest BCUT2D eigenvalue weighted by Crippen LogP contribution is 2.40. The van der Waals surface area contributed by atoms with E-state index in [4.69, 9.17) is 9.26 Å². The molecule has 2 aliphatic rings. The lowest BCUT2D eigenvalue weighted by Crippen LogP contribution is -2.49. The van der Waals surface area contributed by atoms with Crippen molar-refractivity contribution in [1.29, 1.82) is 0 Å². The highest BCUT2D eigenvalue weighted by atomic mass is 16.5. The van der Waals surface area contributed by atoms with E-state index in [1.165, 1.54) is 0 Å². The van der Waals surface area contributed by atoms with Crippen molar-refractivity contribution in [3.8, 4) is 5.75 Å². The van der Waals surface area contributed by atoms with Crippen molar-refractivity contribution in [1.82, 2.24) is 10.1 Å². The van der Waals surface area contributed by atoms with Gasteiger partial charge in [-0.25, -0.2) is 0 Å². The number of carbonyl (C=O) groups is 1. The number of benzene rings is 1. The molecule has 0 spiro atoms. The van der Waals surface area contributed by atoms with Crippen molar-refractivity contribution in [3.63, 3.8) is 0 Å². The van der Waals surface area contributed by atoms with E-state index in [0.717, 1.165) is 43.1 Å². The van der Waals surface area contributed by atoms with Gasteiger partial charge in [-0.3, -0.25) is 4.79 Å². The van der Waals surface area contributed by atoms with E-state index < -0.39 is 0 Å². The van der Waals surface area contributed by atoms with Crippen molar-refractivity contribution < 1.29 is 14.1 Å². The molecule has 1 amide bonds. The van der Waals surface area contributed by atoms with Crippen LogP contribution in [0.3, 0.4) is 0 Å². The Morgan fingerprint density at radius 2 is 2.00 bits per heavy atom. The standard InChI is InChI=1S/C19H23N3O3/c1-2-24-17-6-4-3-5-16(17)21-9-11-22(12-10-21)19(23)15-13-18(25-20-15)14-7-8-14/h3-6,13-14H,2,7-12H2,1H3. The zero-order valence-corrected chi connectivity index (χ0v) is 14.5. The molecule has 0 atom stereocenters. The summed E-state index contributed by atoms with van der Waals surface area (Å²) >= 11 is 0. The fourth-order valence-corrected chi connectivity index (χ4v) is 3.26. The summed E-state index contributed by atoms with van der Waals surface area (Å²) in [6.07, 6.45) is 2.28. The summed E-state index contributed by atoms with van der Waals surface area (Å²) in [4.78, 5) is 16.8. The Morgan fingerprint density at radius 3 is 2.72 bits per heavy atom. The van der Waals surface area contributed by atoms with E-state index in [1.54, 1.807) is 0 Å². The number of amides is 1. The minimum atomic E-state index is -0.0339. The number of hydrogen-bond acceptors (Lipinski definition) is 5. The quantitative estimate of drug-likeness (QED) is 0.837. The molecule has 0 radical (unpaired) electrons. The van der Waals surface area contributed by atoms with Crippen molar-refractivity contribution in [3.05, 3.63) is 41.8 Å². The average Bonchev–Trinajstić information content (AvgIpc) is 3.39. The van der Waals surface area contributed by atoms with Gasteiger partial charge in [0.15, 0.2) is 5.69 Å². The summed E-state index contributed by atoms with van der Waals surface area (Å²) in [5.74, 6) is 2.19. The number of nitrogens with zero attached hydrogens (tertiary/aromatic N) is 3. The van der Waals surface area contributed by atoms with Crippen LogP contribution in [0.4, 0.5) is 5.69 Å². The first-order valence-electron chi connectivity index (χ1n) is 8.99. The van der Waals surface area contributed by atoms with Crippen LogP contribution in [-0.2, 0) is 0 Å². The van der Waals surface area contributed by atoms with Crippen LogP contribution < -0.4 is 9.64 Å². The fourth-order valence-electron chi connectivity index (χ4n) is 3.26. The molecule has 1 aromatic carbocycles. The third-order valence-electron chi connectivity index (χ3n) is 4.80. The van der Waals surface area contributed by atoms with Gasteiger partial charge in [0.25, 0.3) is 5.91 Å². The molecule has 6 nitrogen and oxygen atoms in total. The normalized spacial score (nSPS) is 17.6. The molecule has 1 saturated heterocycles. The van der Waals surface area contributed by atoms with Crippen molar-refractivity contribution >= 4 is 11.6 Å². The molecular formula is C19H23N3O3. The first-order valence-corrected chi connectivity index (χ1v) is 8.99. The van der Waals surface area contributed by atoms with Gasteiger partial charge in [0.2, 0.25) is 0 Å². The lowest BCUT2D eigenvalue weighted by molar-refractivity contribution is 0.0736. The van der Waals surface area contributed by atoms with Gasteiger partial charge < -0.3 is 19.1 Å². The zero-order valence-electron chi connectivity index (χ0n) is 14.5. The Morgan fingerprint density at radius 1 is 1.24 bits per heavy atom. The largest absolute Gasteiger partial charge is 0.492 e. The molecule has 132 valence electrons. The number of piperazine rings is 1. The highest BCUT2D eigenvalue weighted by Gasteiger charge is 2.31. The number of ether oxygens (including phenoxy) is 1. The van der Waals surface area contributed by atoms with Crippen molar-refractivity contribution in [2.75, 3.05) is 37.7 Å². The first-order chi connectivity index (χ1) is 12.3. The van der Waals surface area contributed by atoms with E-state index in [9.17, 15) is 4.79 Å². The van der Waals surface area contributed by atoms with Gasteiger partial charge >= 0.3 is 0 Å². The third kappa shape index (κ3) is 3.34. The molecule has 2 heterocycles. The molecular weight excluding hydrogens is 318 g/mol. The molecule has 2 fully saturated rings. The fraction of sp³-hybridized carbons (Fsp3) is 0.474. The second-order valence-corrected chi connectivity index (χ2v) is 6.57. The second kappa shape index (κ2) is 6.78. The molecule has 4 rings (SSSR count). The van der Waals surface area contributed by atoms with Gasteiger partial charge in [0, 0.05) is 38.2 Å². The van der Waals surface area contributed by atoms with E-state index in [1.807, 2.05) is 36.1 Å². The third-order valence-corrected chi connectivity index (χ3v) is 4.80. The number of rotatable bonds is 5. The van der Waals surface area contributed by atoms with E-state index in [0.29, 0.717) is 31.3 Å². The minimum absolute atomic E-state index is 0.0339. The maximum atomic E-state index is 12.6. The smallest absolute Gasteiger partial charge is 0.276 e. The average molecular weight is 341 g/mol. The Labute approximate surface area is 147 Å². The van der Waals surface area contributed by atoms with Gasteiger partial charge in [-0.15, -0.1) is 0 Å². The minimum Gasteiger partial charge on any atom is -0.492 e. The molecule has 0 N–H and O–H groups in total. The molecule has 1 aliphatic heterocycles. The maximum absolute atomic E-state index is 12.6. The second-order valence-electron chi connectivity index (χ2n) is 6.57. The lowest BCUT2D eigenvalue weighted by Gasteiger charge is -2.36. The van der Waals surface area contributed by atoms with E-state index in [2.05, 4.69) is 16.1 Å². The Kier molecular flexibility index (Phi) is 4.34. The topological polar surface area (TPSA) is 58.8 Å². The SMILES string of the molecule is CCOc1ccccc1N1CCN(C(=O)c2cc(C3CC3)on2)CC1. The van der Waals surface area contributed by atoms with Crippen molar-refractivity contribution in [2.45, 2.75) is 25.7 Å². The number of para-hydroxylation sites is 2. The molecule has 1 saturated carbocycles. The van der Waals surface area contributed by atoms with Gasteiger partial charge in [-0.2, -0.15) is 0 Å². The van der Waals surface area contributed by atoms with Crippen LogP contribution >= 0.6 is 0 Å². The molecule has 25 heavy (non-hydrogen) atoms. The van der Waals surface area contributed by atoms with Crippen LogP contribution in [0.5, 0.6) is 5.75 Å². The Balaban J connectivity index is 1.40. The van der Waals surface area contributed by atoms with Gasteiger partial charge in [-0.1, -0.05) is 17.3 Å². The van der Waals surface area contributed by atoms with Crippen LogP contribution in [-0.4, -0.2) is 48.7 Å². The first kappa shape index (κ1) is 16.0. The van der Waals surface area contributed by atoms with Crippen LogP contribution in [0.2, 0.25) is 0 Å². The highest BCUT2D eigenvalue weighted by molar-refractivity contribution is 5.92. The summed E-state index contributed by atoms with van der Waals surface area (Å²) in [6, 6.07) is 9.88. The van der Waals surface area contributed by atoms with Gasteiger partial charge in [-0.05, 0) is 31.9 Å². The molecule has 6 heteroatoms. The molecule has 1 aliphatic carbocycles. The van der Waals surface area contributed by atoms with E-state index >= 15 is 0 Å². The maximum Gasteiger partial charge on any atom is 0.276 e.